The maximum Gasteiger partial charge on any atom is 0.412 e. The first-order valence-electron chi connectivity index (χ1n) is 5.04. The highest BCUT2D eigenvalue weighted by atomic mass is 79.9. The predicted molar refractivity (Wildman–Crippen MR) is 61.0 cm³/mol. The second kappa shape index (κ2) is 5.16. The van der Waals surface area contributed by atoms with Crippen molar-refractivity contribution >= 4 is 22.0 Å². The SMILES string of the molecule is CC(C)(C)OC(=O)N1COCC(CBr)C1. The quantitative estimate of drug-likeness (QED) is 0.691. The zero-order valence-corrected chi connectivity index (χ0v) is 11.0. The number of halogens is 1. The maximum absolute atomic E-state index is 11.7. The fourth-order valence-electron chi connectivity index (χ4n) is 1.29. The molecule has 0 N–H and O–H groups in total. The van der Waals surface area contributed by atoms with Crippen LogP contribution in [0.15, 0.2) is 0 Å². The van der Waals surface area contributed by atoms with Crippen molar-refractivity contribution in [2.75, 3.05) is 25.2 Å². The van der Waals surface area contributed by atoms with Crippen molar-refractivity contribution in [3.63, 3.8) is 0 Å². The van der Waals surface area contributed by atoms with E-state index in [0.717, 1.165) is 5.33 Å². The molecule has 0 spiro atoms. The molecular formula is C10H18BrNO3. The van der Waals surface area contributed by atoms with E-state index in [1.54, 1.807) is 4.90 Å². The number of carbonyl (C=O) groups excluding carboxylic acids is 1. The molecule has 0 saturated carbocycles. The third-order valence-electron chi connectivity index (χ3n) is 1.95. The molecule has 5 heteroatoms. The second-order valence-corrected chi connectivity index (χ2v) is 5.37. The lowest BCUT2D eigenvalue weighted by atomic mass is 10.2. The highest BCUT2D eigenvalue weighted by Gasteiger charge is 2.27. The Kier molecular flexibility index (Phi) is 4.40. The van der Waals surface area contributed by atoms with Gasteiger partial charge in [0, 0.05) is 17.8 Å². The monoisotopic (exact) mass is 279 g/mol. The van der Waals surface area contributed by atoms with Gasteiger partial charge in [0.05, 0.1) is 6.61 Å². The minimum Gasteiger partial charge on any atom is -0.444 e. The van der Waals surface area contributed by atoms with E-state index < -0.39 is 5.60 Å². The summed E-state index contributed by atoms with van der Waals surface area (Å²) in [6, 6.07) is 0. The van der Waals surface area contributed by atoms with Crippen molar-refractivity contribution in [3.8, 4) is 0 Å². The molecule has 1 aliphatic heterocycles. The van der Waals surface area contributed by atoms with Crippen molar-refractivity contribution < 1.29 is 14.3 Å². The third kappa shape index (κ3) is 4.38. The van der Waals surface area contributed by atoms with Crippen molar-refractivity contribution in [2.45, 2.75) is 26.4 Å². The van der Waals surface area contributed by atoms with Crippen LogP contribution in [0.3, 0.4) is 0 Å². The van der Waals surface area contributed by atoms with Crippen LogP contribution in [0.5, 0.6) is 0 Å². The van der Waals surface area contributed by atoms with Gasteiger partial charge in [-0.25, -0.2) is 4.79 Å². The highest BCUT2D eigenvalue weighted by molar-refractivity contribution is 9.09. The molecule has 0 aliphatic carbocycles. The maximum atomic E-state index is 11.7. The van der Waals surface area contributed by atoms with Gasteiger partial charge in [0.1, 0.15) is 12.3 Å². The van der Waals surface area contributed by atoms with Crippen LogP contribution in [0, 0.1) is 5.92 Å². The fourth-order valence-corrected chi connectivity index (χ4v) is 1.69. The summed E-state index contributed by atoms with van der Waals surface area (Å²) in [5.41, 5.74) is -0.446. The number of rotatable bonds is 1. The first-order valence-corrected chi connectivity index (χ1v) is 6.16. The lowest BCUT2D eigenvalue weighted by Crippen LogP contribution is -2.45. The van der Waals surface area contributed by atoms with Gasteiger partial charge in [0.2, 0.25) is 0 Å². The zero-order valence-electron chi connectivity index (χ0n) is 9.46. The Morgan fingerprint density at radius 3 is 2.80 bits per heavy atom. The van der Waals surface area contributed by atoms with Gasteiger partial charge in [-0.3, -0.25) is 4.90 Å². The molecule has 0 bridgehead atoms. The Hall–Kier alpha value is -0.290. The Labute approximate surface area is 99.0 Å². The predicted octanol–water partition coefficient (Wildman–Crippen LogP) is 2.22. The van der Waals surface area contributed by atoms with Crippen LogP contribution in [0.1, 0.15) is 20.8 Å². The number of carbonyl (C=O) groups is 1. The summed E-state index contributed by atoms with van der Waals surface area (Å²) in [6.45, 7) is 7.30. The Morgan fingerprint density at radius 1 is 1.60 bits per heavy atom. The molecular weight excluding hydrogens is 262 g/mol. The molecule has 0 aromatic heterocycles. The Balaban J connectivity index is 2.45. The topological polar surface area (TPSA) is 38.8 Å². The summed E-state index contributed by atoms with van der Waals surface area (Å²) in [5, 5.41) is 0.840. The molecule has 15 heavy (non-hydrogen) atoms. The molecule has 0 radical (unpaired) electrons. The van der Waals surface area contributed by atoms with Gasteiger partial charge < -0.3 is 9.47 Å². The zero-order chi connectivity index (χ0) is 11.5. The highest BCUT2D eigenvalue weighted by Crippen LogP contribution is 2.15. The smallest absolute Gasteiger partial charge is 0.412 e. The largest absolute Gasteiger partial charge is 0.444 e. The molecule has 1 heterocycles. The molecule has 1 aliphatic rings. The Bertz CT molecular complexity index is 227. The standard InChI is InChI=1S/C10H18BrNO3/c1-10(2,3)15-9(13)12-5-8(4-11)6-14-7-12/h8H,4-7H2,1-3H3. The minimum absolute atomic E-state index is 0.298. The van der Waals surface area contributed by atoms with Gasteiger partial charge in [-0.2, -0.15) is 0 Å². The summed E-state index contributed by atoms with van der Waals surface area (Å²) in [6.07, 6.45) is -0.298. The summed E-state index contributed by atoms with van der Waals surface area (Å²) in [5.74, 6) is 0.353. The average Bonchev–Trinajstić information content (AvgIpc) is 2.15. The van der Waals surface area contributed by atoms with Gasteiger partial charge in [-0.15, -0.1) is 0 Å². The molecule has 4 nitrogen and oxygen atoms in total. The molecule has 0 aromatic rings. The van der Waals surface area contributed by atoms with E-state index in [0.29, 0.717) is 25.8 Å². The van der Waals surface area contributed by atoms with E-state index in [4.69, 9.17) is 9.47 Å². The summed E-state index contributed by atoms with van der Waals surface area (Å²) in [7, 11) is 0. The van der Waals surface area contributed by atoms with Crippen LogP contribution in [0.4, 0.5) is 4.79 Å². The molecule has 1 rings (SSSR count). The van der Waals surface area contributed by atoms with E-state index in [9.17, 15) is 4.79 Å². The van der Waals surface area contributed by atoms with Crippen LogP contribution in [0.2, 0.25) is 0 Å². The van der Waals surface area contributed by atoms with E-state index >= 15 is 0 Å². The fraction of sp³-hybridized carbons (Fsp3) is 0.900. The second-order valence-electron chi connectivity index (χ2n) is 4.72. The summed E-state index contributed by atoms with van der Waals surface area (Å²) >= 11 is 3.39. The van der Waals surface area contributed by atoms with E-state index in [1.165, 1.54) is 0 Å². The van der Waals surface area contributed by atoms with Gasteiger partial charge in [-0.1, -0.05) is 15.9 Å². The van der Waals surface area contributed by atoms with E-state index in [1.807, 2.05) is 20.8 Å². The number of alkyl halides is 1. The molecule has 1 fully saturated rings. The molecule has 1 unspecified atom stereocenters. The van der Waals surface area contributed by atoms with Crippen molar-refractivity contribution in [3.05, 3.63) is 0 Å². The van der Waals surface area contributed by atoms with Gasteiger partial charge in [0.25, 0.3) is 0 Å². The van der Waals surface area contributed by atoms with E-state index in [2.05, 4.69) is 15.9 Å². The number of hydrogen-bond acceptors (Lipinski definition) is 3. The van der Waals surface area contributed by atoms with Gasteiger partial charge >= 0.3 is 6.09 Å². The number of nitrogens with zero attached hydrogens (tertiary/aromatic N) is 1. The molecule has 1 amide bonds. The first-order chi connectivity index (χ1) is 6.92. The molecule has 0 aromatic carbocycles. The van der Waals surface area contributed by atoms with Crippen LogP contribution < -0.4 is 0 Å². The minimum atomic E-state index is -0.446. The molecule has 1 saturated heterocycles. The average molecular weight is 280 g/mol. The van der Waals surface area contributed by atoms with Crippen LogP contribution in [0.25, 0.3) is 0 Å². The van der Waals surface area contributed by atoms with Crippen LogP contribution in [-0.4, -0.2) is 41.8 Å². The summed E-state index contributed by atoms with van der Waals surface area (Å²) in [4.78, 5) is 13.3. The lowest BCUT2D eigenvalue weighted by Gasteiger charge is -2.33. The molecule has 88 valence electrons. The Morgan fingerprint density at radius 2 is 2.27 bits per heavy atom. The third-order valence-corrected chi connectivity index (χ3v) is 2.86. The number of hydrogen-bond donors (Lipinski definition) is 0. The van der Waals surface area contributed by atoms with Gasteiger partial charge in [0.15, 0.2) is 0 Å². The summed E-state index contributed by atoms with van der Waals surface area (Å²) < 4.78 is 10.6. The number of amides is 1. The lowest BCUT2D eigenvalue weighted by molar-refractivity contribution is -0.0529. The number of ether oxygens (including phenoxy) is 2. The van der Waals surface area contributed by atoms with Crippen molar-refractivity contribution in [1.29, 1.82) is 0 Å². The van der Waals surface area contributed by atoms with Crippen LogP contribution >= 0.6 is 15.9 Å². The van der Waals surface area contributed by atoms with Gasteiger partial charge in [-0.05, 0) is 20.8 Å². The first kappa shape index (κ1) is 12.8. The van der Waals surface area contributed by atoms with Crippen molar-refractivity contribution in [2.24, 2.45) is 5.92 Å². The van der Waals surface area contributed by atoms with Crippen molar-refractivity contribution in [1.82, 2.24) is 4.90 Å². The molecule has 1 atom stereocenters. The van der Waals surface area contributed by atoms with Crippen LogP contribution in [-0.2, 0) is 9.47 Å². The normalized spacial score (nSPS) is 22.7. The van der Waals surface area contributed by atoms with E-state index in [-0.39, 0.29) is 6.09 Å².